The summed E-state index contributed by atoms with van der Waals surface area (Å²) in [5, 5.41) is 3.70. The largest absolute Gasteiger partial charge is 0.449 e. The molecule has 0 radical (unpaired) electrons. The number of ether oxygens (including phenoxy) is 1. The van der Waals surface area contributed by atoms with E-state index in [2.05, 4.69) is 30.2 Å². The van der Waals surface area contributed by atoms with E-state index in [0.29, 0.717) is 27.4 Å². The molecule has 0 saturated carbocycles. The van der Waals surface area contributed by atoms with Gasteiger partial charge in [0, 0.05) is 5.39 Å². The van der Waals surface area contributed by atoms with E-state index in [1.807, 2.05) is 0 Å². The molecule has 0 spiro atoms. The molecule has 1 aromatic carbocycles. The zero-order chi connectivity index (χ0) is 19.7. The van der Waals surface area contributed by atoms with E-state index in [4.69, 9.17) is 16.3 Å². The first-order valence-electron chi connectivity index (χ1n) is 8.23. The lowest BCUT2D eigenvalue weighted by molar-refractivity contribution is -0.123. The monoisotopic (exact) mass is 396 g/mol. The molecule has 3 heterocycles. The fourth-order valence-corrected chi connectivity index (χ4v) is 2.74. The number of pyridine rings is 1. The van der Waals surface area contributed by atoms with Crippen molar-refractivity contribution in [3.05, 3.63) is 53.7 Å². The number of H-pyrrole nitrogens is 1. The summed E-state index contributed by atoms with van der Waals surface area (Å²) in [7, 11) is 0. The number of nitrogens with zero attached hydrogens (tertiary/aromatic N) is 4. The number of amides is 1. The van der Waals surface area contributed by atoms with Crippen LogP contribution in [0.1, 0.15) is 17.3 Å². The highest BCUT2D eigenvalue weighted by Gasteiger charge is 2.21. The molecule has 28 heavy (non-hydrogen) atoms. The summed E-state index contributed by atoms with van der Waals surface area (Å²) in [6.07, 6.45) is 1.69. The molecule has 4 rings (SSSR count). The minimum absolute atomic E-state index is 0.254. The van der Waals surface area contributed by atoms with Gasteiger partial charge in [0.2, 0.25) is 0 Å². The molecule has 0 aliphatic rings. The predicted octanol–water partition coefficient (Wildman–Crippen LogP) is 2.74. The molecular weight excluding hydrogens is 384 g/mol. The fourth-order valence-electron chi connectivity index (χ4n) is 2.59. The zero-order valence-electron chi connectivity index (χ0n) is 14.5. The van der Waals surface area contributed by atoms with Gasteiger partial charge in [-0.1, -0.05) is 11.6 Å². The number of esters is 1. The Kier molecular flexibility index (Phi) is 4.58. The van der Waals surface area contributed by atoms with Crippen LogP contribution in [0.5, 0.6) is 0 Å². The third-order valence-electron chi connectivity index (χ3n) is 4.01. The van der Waals surface area contributed by atoms with Crippen molar-refractivity contribution in [1.29, 1.82) is 0 Å². The lowest BCUT2D eigenvalue weighted by Crippen LogP contribution is -2.30. The summed E-state index contributed by atoms with van der Waals surface area (Å²) in [5.74, 6) is -0.907. The minimum atomic E-state index is -1.04. The highest BCUT2D eigenvalue weighted by molar-refractivity contribution is 6.29. The maximum absolute atomic E-state index is 12.4. The molecular formula is C18H13ClN6O3. The second-order valence-electron chi connectivity index (χ2n) is 5.90. The maximum Gasteiger partial charge on any atom is 0.338 e. The first-order valence-corrected chi connectivity index (χ1v) is 8.61. The Balaban J connectivity index is 1.47. The summed E-state index contributed by atoms with van der Waals surface area (Å²) in [4.78, 5) is 43.8. The molecule has 10 heteroatoms. The van der Waals surface area contributed by atoms with E-state index < -0.39 is 18.0 Å². The molecule has 140 valence electrons. The van der Waals surface area contributed by atoms with Crippen LogP contribution < -0.4 is 5.32 Å². The molecule has 1 atom stereocenters. The molecule has 0 aliphatic carbocycles. The molecule has 1 amide bonds. The van der Waals surface area contributed by atoms with Gasteiger partial charge in [-0.3, -0.25) is 4.79 Å². The van der Waals surface area contributed by atoms with Gasteiger partial charge in [0.05, 0.1) is 17.4 Å². The fraction of sp³-hybridized carbons (Fsp3) is 0.111. The molecule has 3 aromatic heterocycles. The number of rotatable bonds is 4. The van der Waals surface area contributed by atoms with Crippen LogP contribution in [0.4, 0.5) is 5.82 Å². The number of nitrogens with one attached hydrogen (secondary N) is 2. The minimum Gasteiger partial charge on any atom is -0.449 e. The Hall–Kier alpha value is -3.59. The second kappa shape index (κ2) is 7.20. The van der Waals surface area contributed by atoms with E-state index >= 15 is 0 Å². The van der Waals surface area contributed by atoms with Crippen LogP contribution in [0, 0.1) is 0 Å². The van der Waals surface area contributed by atoms with Gasteiger partial charge >= 0.3 is 5.97 Å². The predicted molar refractivity (Wildman–Crippen MR) is 102 cm³/mol. The van der Waals surface area contributed by atoms with Gasteiger partial charge in [-0.2, -0.15) is 0 Å². The van der Waals surface area contributed by atoms with Crippen LogP contribution in [-0.2, 0) is 9.53 Å². The number of imidazole rings is 1. The van der Waals surface area contributed by atoms with Crippen LogP contribution in [0.2, 0.25) is 5.15 Å². The number of hydrogen-bond donors (Lipinski definition) is 2. The number of aromatic amines is 1. The van der Waals surface area contributed by atoms with Gasteiger partial charge in [0.1, 0.15) is 17.0 Å². The maximum atomic E-state index is 12.4. The Morgan fingerprint density at radius 3 is 2.89 bits per heavy atom. The van der Waals surface area contributed by atoms with Crippen LogP contribution in [-0.4, -0.2) is 42.9 Å². The molecule has 0 fully saturated rings. The van der Waals surface area contributed by atoms with Crippen molar-refractivity contribution in [1.82, 2.24) is 24.9 Å². The number of anilines is 1. The first kappa shape index (κ1) is 17.8. The van der Waals surface area contributed by atoms with E-state index in [1.165, 1.54) is 19.6 Å². The van der Waals surface area contributed by atoms with Gasteiger partial charge in [0.15, 0.2) is 17.6 Å². The van der Waals surface area contributed by atoms with Crippen molar-refractivity contribution in [2.75, 3.05) is 5.32 Å². The summed E-state index contributed by atoms with van der Waals surface area (Å²) in [6.45, 7) is 1.47. The molecule has 0 saturated heterocycles. The smallest absolute Gasteiger partial charge is 0.338 e. The van der Waals surface area contributed by atoms with Crippen molar-refractivity contribution >= 4 is 51.4 Å². The third-order valence-corrected chi connectivity index (χ3v) is 4.22. The van der Waals surface area contributed by atoms with E-state index in [1.54, 1.807) is 30.3 Å². The van der Waals surface area contributed by atoms with Crippen LogP contribution >= 0.6 is 11.6 Å². The van der Waals surface area contributed by atoms with E-state index in [-0.39, 0.29) is 5.82 Å². The average molecular weight is 397 g/mol. The summed E-state index contributed by atoms with van der Waals surface area (Å²) in [6, 6.07) is 8.25. The molecule has 4 aromatic rings. The standard InChI is InChI=1S/C18H13ClN6O3/c1-9(17(26)25-16-14-15(21-7-20-14)22-8-23-16)28-18(27)11-2-4-12-10(6-11)3-5-13(19)24-12/h2-9H,1H3,(H2,20,21,22,23,25,26). The van der Waals surface area contributed by atoms with Crippen molar-refractivity contribution < 1.29 is 14.3 Å². The van der Waals surface area contributed by atoms with E-state index in [9.17, 15) is 9.59 Å². The molecule has 0 aliphatic heterocycles. The number of hydrogen-bond acceptors (Lipinski definition) is 7. The van der Waals surface area contributed by atoms with E-state index in [0.717, 1.165) is 5.39 Å². The zero-order valence-corrected chi connectivity index (χ0v) is 15.3. The van der Waals surface area contributed by atoms with Crippen molar-refractivity contribution in [2.24, 2.45) is 0 Å². The summed E-state index contributed by atoms with van der Waals surface area (Å²) >= 11 is 5.86. The van der Waals surface area contributed by atoms with Gasteiger partial charge in [-0.05, 0) is 37.3 Å². The number of halogens is 1. The second-order valence-corrected chi connectivity index (χ2v) is 6.29. The first-order chi connectivity index (χ1) is 13.5. The highest BCUT2D eigenvalue weighted by Crippen LogP contribution is 2.19. The van der Waals surface area contributed by atoms with Crippen molar-refractivity contribution in [3.8, 4) is 0 Å². The van der Waals surface area contributed by atoms with Crippen molar-refractivity contribution in [3.63, 3.8) is 0 Å². The van der Waals surface area contributed by atoms with Crippen LogP contribution in [0.25, 0.3) is 22.1 Å². The van der Waals surface area contributed by atoms with Gasteiger partial charge in [0.25, 0.3) is 5.91 Å². The summed E-state index contributed by atoms with van der Waals surface area (Å²) in [5.41, 5.74) is 1.85. The average Bonchev–Trinajstić information content (AvgIpc) is 3.17. The number of fused-ring (bicyclic) bond motifs is 2. The van der Waals surface area contributed by atoms with Gasteiger partial charge < -0.3 is 15.0 Å². The number of carbonyl (C=O) groups excluding carboxylic acids is 2. The Morgan fingerprint density at radius 1 is 1.18 bits per heavy atom. The molecule has 1 unspecified atom stereocenters. The Morgan fingerprint density at radius 2 is 2.04 bits per heavy atom. The molecule has 9 nitrogen and oxygen atoms in total. The van der Waals surface area contributed by atoms with Crippen LogP contribution in [0.15, 0.2) is 43.0 Å². The highest BCUT2D eigenvalue weighted by atomic mass is 35.5. The molecule has 2 N–H and O–H groups in total. The normalized spacial score (nSPS) is 12.1. The number of aromatic nitrogens is 5. The number of carbonyl (C=O) groups is 2. The lowest BCUT2D eigenvalue weighted by Gasteiger charge is -2.13. The number of benzene rings is 1. The van der Waals surface area contributed by atoms with Crippen LogP contribution in [0.3, 0.4) is 0 Å². The summed E-state index contributed by atoms with van der Waals surface area (Å²) < 4.78 is 5.27. The SMILES string of the molecule is CC(OC(=O)c1ccc2nc(Cl)ccc2c1)C(=O)Nc1ncnc2nc[nH]c12. The Bertz CT molecular complexity index is 1210. The Labute approximate surface area is 163 Å². The van der Waals surface area contributed by atoms with Gasteiger partial charge in [-0.15, -0.1) is 0 Å². The quantitative estimate of drug-likeness (QED) is 0.401. The van der Waals surface area contributed by atoms with Gasteiger partial charge in [-0.25, -0.2) is 24.7 Å². The van der Waals surface area contributed by atoms with Crippen molar-refractivity contribution in [2.45, 2.75) is 13.0 Å². The molecule has 0 bridgehead atoms. The lowest BCUT2D eigenvalue weighted by atomic mass is 10.1. The topological polar surface area (TPSA) is 123 Å². The third kappa shape index (κ3) is 3.47.